The number of nitrogens with one attached hydrogen (secondary N) is 1. The van der Waals surface area contributed by atoms with Gasteiger partial charge in [0, 0.05) is 15.3 Å². The van der Waals surface area contributed by atoms with E-state index in [1.54, 1.807) is 22.7 Å². The summed E-state index contributed by atoms with van der Waals surface area (Å²) < 4.78 is 1.17. The van der Waals surface area contributed by atoms with Gasteiger partial charge >= 0.3 is 0 Å². The van der Waals surface area contributed by atoms with Crippen LogP contribution in [0.3, 0.4) is 0 Å². The van der Waals surface area contributed by atoms with Crippen molar-refractivity contribution < 1.29 is 0 Å². The molecule has 3 rings (SSSR count). The summed E-state index contributed by atoms with van der Waals surface area (Å²) in [5.41, 5.74) is 6.28. The third-order valence-corrected chi connectivity index (χ3v) is 4.95. The lowest BCUT2D eigenvalue weighted by atomic mass is 10.2. The SMILES string of the molecule is C/C(=N/Nc1nc2ccccc2s1)c1cc(C)sc1C. The Balaban J connectivity index is 1.84. The molecule has 20 heavy (non-hydrogen) atoms. The number of thiazole rings is 1. The van der Waals surface area contributed by atoms with Gasteiger partial charge in [-0.2, -0.15) is 5.10 Å². The normalized spacial score (nSPS) is 12.1. The van der Waals surface area contributed by atoms with E-state index >= 15 is 0 Å². The third-order valence-electron chi connectivity index (χ3n) is 3.04. The average Bonchev–Trinajstić information content (AvgIpc) is 2.98. The summed E-state index contributed by atoms with van der Waals surface area (Å²) in [6.45, 7) is 6.27. The number of para-hydroxylation sites is 1. The molecule has 0 atom stereocenters. The van der Waals surface area contributed by atoms with Gasteiger partial charge in [0.2, 0.25) is 5.13 Å². The van der Waals surface area contributed by atoms with Gasteiger partial charge in [0.25, 0.3) is 0 Å². The molecule has 0 aliphatic heterocycles. The molecule has 3 aromatic rings. The minimum absolute atomic E-state index is 0.829. The number of aryl methyl sites for hydroxylation is 2. The van der Waals surface area contributed by atoms with E-state index in [9.17, 15) is 0 Å². The van der Waals surface area contributed by atoms with Crippen LogP contribution in [0.2, 0.25) is 0 Å². The molecule has 1 aromatic carbocycles. The van der Waals surface area contributed by atoms with E-state index in [4.69, 9.17) is 0 Å². The number of rotatable bonds is 3. The first kappa shape index (κ1) is 13.3. The van der Waals surface area contributed by atoms with Crippen molar-refractivity contribution in [2.24, 2.45) is 5.10 Å². The number of benzene rings is 1. The van der Waals surface area contributed by atoms with E-state index in [2.05, 4.69) is 41.5 Å². The fraction of sp³-hybridized carbons (Fsp3) is 0.200. The van der Waals surface area contributed by atoms with Crippen LogP contribution in [0.25, 0.3) is 10.2 Å². The highest BCUT2D eigenvalue weighted by Gasteiger charge is 2.06. The van der Waals surface area contributed by atoms with Crippen molar-refractivity contribution in [1.29, 1.82) is 0 Å². The van der Waals surface area contributed by atoms with Gasteiger partial charge in [0.15, 0.2) is 0 Å². The highest BCUT2D eigenvalue weighted by atomic mass is 32.1. The zero-order chi connectivity index (χ0) is 14.1. The predicted molar refractivity (Wildman–Crippen MR) is 89.2 cm³/mol. The lowest BCUT2D eigenvalue weighted by Crippen LogP contribution is -1.99. The Morgan fingerprint density at radius 2 is 2.00 bits per heavy atom. The first-order valence-corrected chi connectivity index (χ1v) is 8.00. The lowest BCUT2D eigenvalue weighted by Gasteiger charge is -1.99. The maximum atomic E-state index is 4.51. The number of hydrogen-bond donors (Lipinski definition) is 1. The number of anilines is 1. The Kier molecular flexibility index (Phi) is 3.54. The fourth-order valence-electron chi connectivity index (χ4n) is 2.10. The summed E-state index contributed by atoms with van der Waals surface area (Å²) in [5, 5.41) is 5.28. The van der Waals surface area contributed by atoms with Gasteiger partial charge in [-0.15, -0.1) is 11.3 Å². The van der Waals surface area contributed by atoms with E-state index in [0.717, 1.165) is 16.4 Å². The molecule has 0 amide bonds. The molecule has 0 saturated heterocycles. The Morgan fingerprint density at radius 1 is 1.20 bits per heavy atom. The van der Waals surface area contributed by atoms with Gasteiger partial charge in [-0.1, -0.05) is 23.5 Å². The van der Waals surface area contributed by atoms with Gasteiger partial charge in [-0.05, 0) is 39.0 Å². The quantitative estimate of drug-likeness (QED) is 0.557. The first-order valence-electron chi connectivity index (χ1n) is 6.37. The number of thiophene rings is 1. The second kappa shape index (κ2) is 5.34. The number of nitrogens with zero attached hydrogens (tertiary/aromatic N) is 2. The summed E-state index contributed by atoms with van der Waals surface area (Å²) >= 11 is 3.42. The van der Waals surface area contributed by atoms with Crippen molar-refractivity contribution in [2.75, 3.05) is 5.43 Å². The van der Waals surface area contributed by atoms with Crippen LogP contribution in [-0.4, -0.2) is 10.7 Å². The summed E-state index contributed by atoms with van der Waals surface area (Å²) in [6.07, 6.45) is 0. The predicted octanol–water partition coefficient (Wildman–Crippen LogP) is 4.81. The smallest absolute Gasteiger partial charge is 0.204 e. The molecule has 3 nitrogen and oxygen atoms in total. The topological polar surface area (TPSA) is 37.3 Å². The summed E-state index contributed by atoms with van der Waals surface area (Å²) in [4.78, 5) is 7.12. The third kappa shape index (κ3) is 2.59. The number of hydrogen-bond acceptors (Lipinski definition) is 5. The number of fused-ring (bicyclic) bond motifs is 1. The molecule has 5 heteroatoms. The summed E-state index contributed by atoms with van der Waals surface area (Å²) in [7, 11) is 0. The molecule has 2 aromatic heterocycles. The van der Waals surface area contributed by atoms with Crippen LogP contribution in [0.1, 0.15) is 22.2 Å². The maximum Gasteiger partial charge on any atom is 0.204 e. The second-order valence-corrected chi connectivity index (χ2v) is 7.11. The van der Waals surface area contributed by atoms with Crippen molar-refractivity contribution >= 4 is 43.7 Å². The molecule has 0 spiro atoms. The lowest BCUT2D eigenvalue weighted by molar-refractivity contribution is 1.29. The zero-order valence-electron chi connectivity index (χ0n) is 11.6. The van der Waals surface area contributed by atoms with Crippen LogP contribution >= 0.6 is 22.7 Å². The van der Waals surface area contributed by atoms with Gasteiger partial charge in [-0.25, -0.2) is 4.98 Å². The molecule has 0 radical (unpaired) electrons. The highest BCUT2D eigenvalue weighted by Crippen LogP contribution is 2.26. The van der Waals surface area contributed by atoms with Crippen LogP contribution < -0.4 is 5.43 Å². The minimum Gasteiger partial charge on any atom is -0.252 e. The molecule has 0 fully saturated rings. The monoisotopic (exact) mass is 301 g/mol. The van der Waals surface area contributed by atoms with Crippen LogP contribution in [0.5, 0.6) is 0 Å². The van der Waals surface area contributed by atoms with Crippen LogP contribution in [0, 0.1) is 13.8 Å². The first-order chi connectivity index (χ1) is 9.63. The molecular weight excluding hydrogens is 286 g/mol. The van der Waals surface area contributed by atoms with Gasteiger partial charge in [0.05, 0.1) is 15.9 Å². The Morgan fingerprint density at radius 3 is 2.70 bits per heavy atom. The van der Waals surface area contributed by atoms with Crippen LogP contribution in [0.15, 0.2) is 35.4 Å². The van der Waals surface area contributed by atoms with Crippen LogP contribution in [-0.2, 0) is 0 Å². The second-order valence-electron chi connectivity index (χ2n) is 4.62. The Hall–Kier alpha value is -1.72. The molecule has 0 saturated carbocycles. The van der Waals surface area contributed by atoms with Gasteiger partial charge < -0.3 is 0 Å². The van der Waals surface area contributed by atoms with Crippen LogP contribution in [0.4, 0.5) is 5.13 Å². The van der Waals surface area contributed by atoms with Crippen molar-refractivity contribution in [3.8, 4) is 0 Å². The molecule has 0 unspecified atom stereocenters. The van der Waals surface area contributed by atoms with E-state index in [1.165, 1.54) is 20.0 Å². The largest absolute Gasteiger partial charge is 0.252 e. The standard InChI is InChI=1S/C15H15N3S2/c1-9-8-12(11(3)19-9)10(2)17-18-15-16-13-6-4-5-7-14(13)20-15/h4-8H,1-3H3,(H,16,18)/b17-10-. The van der Waals surface area contributed by atoms with E-state index < -0.39 is 0 Å². The van der Waals surface area contributed by atoms with Gasteiger partial charge in [0.1, 0.15) is 0 Å². The average molecular weight is 301 g/mol. The van der Waals surface area contributed by atoms with Crippen molar-refractivity contribution in [3.63, 3.8) is 0 Å². The zero-order valence-corrected chi connectivity index (χ0v) is 13.2. The Bertz CT molecular complexity index is 750. The molecule has 1 N–H and O–H groups in total. The van der Waals surface area contributed by atoms with E-state index in [-0.39, 0.29) is 0 Å². The Labute approximate surface area is 126 Å². The van der Waals surface area contributed by atoms with E-state index in [1.807, 2.05) is 25.1 Å². The summed E-state index contributed by atoms with van der Waals surface area (Å²) in [6, 6.07) is 10.3. The van der Waals surface area contributed by atoms with E-state index in [0.29, 0.717) is 0 Å². The highest BCUT2D eigenvalue weighted by molar-refractivity contribution is 7.22. The van der Waals surface area contributed by atoms with Crippen molar-refractivity contribution in [3.05, 3.63) is 45.6 Å². The molecule has 0 aliphatic rings. The molecule has 2 heterocycles. The van der Waals surface area contributed by atoms with Gasteiger partial charge in [-0.3, -0.25) is 5.43 Å². The van der Waals surface area contributed by atoms with Crippen molar-refractivity contribution in [2.45, 2.75) is 20.8 Å². The number of aromatic nitrogens is 1. The van der Waals surface area contributed by atoms with Crippen molar-refractivity contribution in [1.82, 2.24) is 4.98 Å². The number of hydrazone groups is 1. The fourth-order valence-corrected chi connectivity index (χ4v) is 3.89. The minimum atomic E-state index is 0.829. The summed E-state index contributed by atoms with van der Waals surface area (Å²) in [5.74, 6) is 0. The molecule has 0 bridgehead atoms. The molecular formula is C15H15N3S2. The molecule has 102 valence electrons. The maximum absolute atomic E-state index is 4.51. The molecule has 0 aliphatic carbocycles.